The topological polar surface area (TPSA) is 68.3 Å². The van der Waals surface area contributed by atoms with Gasteiger partial charge in [0.25, 0.3) is 0 Å². The fourth-order valence-corrected chi connectivity index (χ4v) is 2.91. The molecule has 0 unspecified atom stereocenters. The summed E-state index contributed by atoms with van der Waals surface area (Å²) in [6, 6.07) is 13.8. The molecule has 0 aliphatic heterocycles. The van der Waals surface area contributed by atoms with Crippen molar-refractivity contribution in [3.8, 4) is 11.5 Å². The zero-order valence-electron chi connectivity index (χ0n) is 16.3. The number of hydrogen-bond donors (Lipinski definition) is 2. The number of aromatic nitrogens is 2. The van der Waals surface area contributed by atoms with Crippen molar-refractivity contribution in [2.24, 2.45) is 0 Å². The largest absolute Gasteiger partial charge is 0.497 e. The van der Waals surface area contributed by atoms with Crippen LogP contribution in [0.2, 0.25) is 0 Å². The number of anilines is 4. The van der Waals surface area contributed by atoms with Gasteiger partial charge in [0, 0.05) is 23.5 Å². The standard InChI is InChI=1S/C21H24N4O2/c1-13-8-14(2)10-16(9-13)23-20-11-15(3)22-21(25-20)24-18-7-6-17(26-4)12-19(18)27-5/h6-12H,1-5H3,(H2,22,23,24,25). The quantitative estimate of drug-likeness (QED) is 0.648. The van der Waals surface area contributed by atoms with Crippen LogP contribution in [-0.4, -0.2) is 24.2 Å². The Kier molecular flexibility index (Phi) is 5.45. The second-order valence-electron chi connectivity index (χ2n) is 6.41. The minimum Gasteiger partial charge on any atom is -0.497 e. The predicted molar refractivity (Wildman–Crippen MR) is 109 cm³/mol. The Bertz CT molecular complexity index is 937. The fraction of sp³-hybridized carbons (Fsp3) is 0.238. The molecule has 0 aliphatic carbocycles. The summed E-state index contributed by atoms with van der Waals surface area (Å²) in [4.78, 5) is 9.06. The lowest BCUT2D eigenvalue weighted by Gasteiger charge is -2.13. The van der Waals surface area contributed by atoms with Gasteiger partial charge in [-0.3, -0.25) is 0 Å². The minimum absolute atomic E-state index is 0.491. The Morgan fingerprint density at radius 2 is 1.52 bits per heavy atom. The maximum atomic E-state index is 5.43. The molecule has 6 heteroatoms. The number of hydrogen-bond acceptors (Lipinski definition) is 6. The summed E-state index contributed by atoms with van der Waals surface area (Å²) < 4.78 is 10.7. The highest BCUT2D eigenvalue weighted by Gasteiger charge is 2.09. The van der Waals surface area contributed by atoms with E-state index in [4.69, 9.17) is 9.47 Å². The molecule has 3 aromatic rings. The van der Waals surface area contributed by atoms with Crippen LogP contribution in [0, 0.1) is 20.8 Å². The van der Waals surface area contributed by atoms with Crippen LogP contribution in [0.3, 0.4) is 0 Å². The van der Waals surface area contributed by atoms with E-state index in [1.807, 2.05) is 31.2 Å². The van der Waals surface area contributed by atoms with Crippen LogP contribution in [0.5, 0.6) is 11.5 Å². The van der Waals surface area contributed by atoms with E-state index >= 15 is 0 Å². The molecule has 0 saturated heterocycles. The number of ether oxygens (including phenoxy) is 2. The second kappa shape index (κ2) is 7.95. The van der Waals surface area contributed by atoms with E-state index in [-0.39, 0.29) is 0 Å². The molecule has 0 atom stereocenters. The van der Waals surface area contributed by atoms with Gasteiger partial charge < -0.3 is 20.1 Å². The average molecular weight is 364 g/mol. The van der Waals surface area contributed by atoms with E-state index in [9.17, 15) is 0 Å². The Morgan fingerprint density at radius 1 is 0.778 bits per heavy atom. The first-order valence-corrected chi connectivity index (χ1v) is 8.67. The van der Waals surface area contributed by atoms with Gasteiger partial charge in [-0.2, -0.15) is 4.98 Å². The van der Waals surface area contributed by atoms with E-state index in [2.05, 4.69) is 52.6 Å². The molecule has 6 nitrogen and oxygen atoms in total. The highest BCUT2D eigenvalue weighted by Crippen LogP contribution is 2.31. The minimum atomic E-state index is 0.491. The maximum absolute atomic E-state index is 5.43. The van der Waals surface area contributed by atoms with Crippen molar-refractivity contribution in [3.63, 3.8) is 0 Å². The summed E-state index contributed by atoms with van der Waals surface area (Å²) in [6.07, 6.45) is 0. The SMILES string of the molecule is COc1ccc(Nc2nc(C)cc(Nc3cc(C)cc(C)c3)n2)c(OC)c1. The number of nitrogens with one attached hydrogen (secondary N) is 2. The van der Waals surface area contributed by atoms with Crippen LogP contribution in [0.25, 0.3) is 0 Å². The third-order valence-electron chi connectivity index (χ3n) is 4.00. The zero-order valence-corrected chi connectivity index (χ0v) is 16.3. The molecule has 0 aliphatic rings. The van der Waals surface area contributed by atoms with Crippen LogP contribution in [0.4, 0.5) is 23.1 Å². The van der Waals surface area contributed by atoms with Crippen LogP contribution >= 0.6 is 0 Å². The van der Waals surface area contributed by atoms with Crippen LogP contribution in [0.15, 0.2) is 42.5 Å². The lowest BCUT2D eigenvalue weighted by molar-refractivity contribution is 0.395. The van der Waals surface area contributed by atoms with E-state index in [1.54, 1.807) is 14.2 Å². The van der Waals surface area contributed by atoms with Crippen molar-refractivity contribution in [1.82, 2.24) is 9.97 Å². The number of aryl methyl sites for hydroxylation is 3. The van der Waals surface area contributed by atoms with E-state index in [0.29, 0.717) is 11.7 Å². The van der Waals surface area contributed by atoms with Crippen molar-refractivity contribution in [1.29, 1.82) is 0 Å². The van der Waals surface area contributed by atoms with Gasteiger partial charge in [0.15, 0.2) is 0 Å². The highest BCUT2D eigenvalue weighted by molar-refractivity contribution is 5.66. The molecule has 2 N–H and O–H groups in total. The summed E-state index contributed by atoms with van der Waals surface area (Å²) >= 11 is 0. The van der Waals surface area contributed by atoms with Crippen molar-refractivity contribution >= 4 is 23.1 Å². The van der Waals surface area contributed by atoms with Crippen LogP contribution in [-0.2, 0) is 0 Å². The van der Waals surface area contributed by atoms with Crippen molar-refractivity contribution in [2.45, 2.75) is 20.8 Å². The van der Waals surface area contributed by atoms with Gasteiger partial charge in [-0.1, -0.05) is 6.07 Å². The smallest absolute Gasteiger partial charge is 0.229 e. The maximum Gasteiger partial charge on any atom is 0.229 e. The summed E-state index contributed by atoms with van der Waals surface area (Å²) in [7, 11) is 3.24. The Hall–Kier alpha value is -3.28. The third-order valence-corrected chi connectivity index (χ3v) is 4.00. The first-order chi connectivity index (χ1) is 13.0. The zero-order chi connectivity index (χ0) is 19.4. The molecule has 27 heavy (non-hydrogen) atoms. The lowest BCUT2D eigenvalue weighted by atomic mass is 10.1. The van der Waals surface area contributed by atoms with Gasteiger partial charge in [-0.25, -0.2) is 4.98 Å². The third kappa shape index (κ3) is 4.67. The van der Waals surface area contributed by atoms with Gasteiger partial charge in [0.05, 0.1) is 19.9 Å². The molecule has 0 fully saturated rings. The predicted octanol–water partition coefficient (Wildman–Crippen LogP) is 4.91. The molecule has 3 rings (SSSR count). The molecule has 0 bridgehead atoms. The highest BCUT2D eigenvalue weighted by atomic mass is 16.5. The number of benzene rings is 2. The molecule has 1 aromatic heterocycles. The monoisotopic (exact) mass is 364 g/mol. The molecule has 0 amide bonds. The van der Waals surface area contributed by atoms with E-state index in [1.165, 1.54) is 11.1 Å². The number of nitrogens with zero attached hydrogens (tertiary/aromatic N) is 2. The van der Waals surface area contributed by atoms with Gasteiger partial charge >= 0.3 is 0 Å². The summed E-state index contributed by atoms with van der Waals surface area (Å²) in [6.45, 7) is 6.09. The molecule has 140 valence electrons. The molecule has 0 radical (unpaired) electrons. The van der Waals surface area contributed by atoms with Crippen LogP contribution < -0.4 is 20.1 Å². The fourth-order valence-electron chi connectivity index (χ4n) is 2.91. The summed E-state index contributed by atoms with van der Waals surface area (Å²) in [5, 5.41) is 6.58. The average Bonchev–Trinajstić information content (AvgIpc) is 2.60. The van der Waals surface area contributed by atoms with Gasteiger partial charge in [0.1, 0.15) is 17.3 Å². The van der Waals surface area contributed by atoms with Crippen LogP contribution in [0.1, 0.15) is 16.8 Å². The van der Waals surface area contributed by atoms with Gasteiger partial charge in [-0.05, 0) is 56.2 Å². The lowest BCUT2D eigenvalue weighted by Crippen LogP contribution is -2.03. The van der Waals surface area contributed by atoms with E-state index < -0.39 is 0 Å². The second-order valence-corrected chi connectivity index (χ2v) is 6.41. The van der Waals surface area contributed by atoms with Crippen molar-refractivity contribution < 1.29 is 9.47 Å². The Morgan fingerprint density at radius 3 is 2.19 bits per heavy atom. The first-order valence-electron chi connectivity index (χ1n) is 8.67. The molecule has 0 spiro atoms. The molecule has 2 aromatic carbocycles. The molecular weight excluding hydrogens is 340 g/mol. The molecular formula is C21H24N4O2. The van der Waals surface area contributed by atoms with E-state index in [0.717, 1.165) is 28.6 Å². The summed E-state index contributed by atoms with van der Waals surface area (Å²) in [5.74, 6) is 2.59. The Labute approximate surface area is 159 Å². The summed E-state index contributed by atoms with van der Waals surface area (Å²) in [5.41, 5.74) is 5.01. The molecule has 0 saturated carbocycles. The Balaban J connectivity index is 1.87. The number of methoxy groups -OCH3 is 2. The van der Waals surface area contributed by atoms with Gasteiger partial charge in [0.2, 0.25) is 5.95 Å². The normalized spacial score (nSPS) is 10.4. The van der Waals surface area contributed by atoms with Crippen molar-refractivity contribution in [2.75, 3.05) is 24.9 Å². The van der Waals surface area contributed by atoms with Gasteiger partial charge in [-0.15, -0.1) is 0 Å². The number of rotatable bonds is 6. The first kappa shape index (κ1) is 18.5. The van der Waals surface area contributed by atoms with Crippen molar-refractivity contribution in [3.05, 3.63) is 59.3 Å². The molecule has 1 heterocycles.